The van der Waals surface area contributed by atoms with Gasteiger partial charge in [-0.3, -0.25) is 4.79 Å². The average molecular weight is 473 g/mol. The fraction of sp³-hybridized carbons (Fsp3) is 0.222. The van der Waals surface area contributed by atoms with Crippen LogP contribution >= 0.6 is 11.3 Å². The topological polar surface area (TPSA) is 76.1 Å². The van der Waals surface area contributed by atoms with E-state index < -0.39 is 0 Å². The second-order valence-electron chi connectivity index (χ2n) is 7.96. The normalized spacial score (nSPS) is 11.6. The Morgan fingerprint density at radius 2 is 1.65 bits per heavy atom. The van der Waals surface area contributed by atoms with Gasteiger partial charge >= 0.3 is 0 Å². The van der Waals surface area contributed by atoms with Crippen LogP contribution in [0.4, 0.5) is 10.9 Å². The number of aromatic nitrogens is 2. The number of anilines is 2. The summed E-state index contributed by atoms with van der Waals surface area (Å²) in [6.07, 6.45) is 0.859. The zero-order valence-corrected chi connectivity index (χ0v) is 20.6. The molecule has 0 aliphatic carbocycles. The first kappa shape index (κ1) is 23.4. The van der Waals surface area contributed by atoms with Crippen LogP contribution in [0.25, 0.3) is 0 Å². The van der Waals surface area contributed by atoms with E-state index in [0.717, 1.165) is 39.7 Å². The molecule has 0 bridgehead atoms. The zero-order chi connectivity index (χ0) is 24.1. The third-order valence-electron chi connectivity index (χ3n) is 5.44. The number of methoxy groups -OCH3 is 1. The lowest BCUT2D eigenvalue weighted by Gasteiger charge is -2.22. The Morgan fingerprint density at radius 3 is 2.32 bits per heavy atom. The van der Waals surface area contributed by atoms with E-state index >= 15 is 0 Å². The van der Waals surface area contributed by atoms with Crippen LogP contribution in [-0.2, 0) is 6.42 Å². The number of thiophene rings is 1. The number of hydrogen-bond donors (Lipinski definition) is 2. The highest BCUT2D eigenvalue weighted by Gasteiger charge is 2.25. The largest absolute Gasteiger partial charge is 0.496 e. The predicted octanol–water partition coefficient (Wildman–Crippen LogP) is 6.18. The van der Waals surface area contributed by atoms with Crippen molar-refractivity contribution in [1.29, 1.82) is 0 Å². The third-order valence-corrected chi connectivity index (χ3v) is 6.65. The summed E-state index contributed by atoms with van der Waals surface area (Å²) >= 11 is 1.58. The van der Waals surface area contributed by atoms with E-state index in [0.29, 0.717) is 11.5 Å². The minimum atomic E-state index is -0.333. The number of carbonyl (C=O) groups excluding carboxylic acids is 1. The van der Waals surface area contributed by atoms with E-state index in [-0.39, 0.29) is 11.9 Å². The van der Waals surface area contributed by atoms with E-state index in [1.165, 1.54) is 4.88 Å². The molecule has 0 saturated heterocycles. The number of benzene rings is 2. The number of carbonyl (C=O) groups is 1. The van der Waals surface area contributed by atoms with Gasteiger partial charge in [0.2, 0.25) is 5.95 Å². The Labute approximate surface area is 204 Å². The number of nitrogens with one attached hydrogen (secondary N) is 2. The molecule has 174 valence electrons. The molecule has 4 aromatic rings. The molecule has 2 heterocycles. The van der Waals surface area contributed by atoms with Crippen molar-refractivity contribution < 1.29 is 9.53 Å². The molecule has 0 radical (unpaired) electrons. The van der Waals surface area contributed by atoms with Gasteiger partial charge in [0, 0.05) is 33.0 Å². The van der Waals surface area contributed by atoms with Gasteiger partial charge in [-0.2, -0.15) is 0 Å². The van der Waals surface area contributed by atoms with Gasteiger partial charge in [0.05, 0.1) is 13.2 Å². The van der Waals surface area contributed by atoms with Crippen molar-refractivity contribution in [3.05, 3.63) is 99.7 Å². The minimum Gasteiger partial charge on any atom is -0.496 e. The zero-order valence-electron chi connectivity index (χ0n) is 19.8. The molecule has 0 saturated carbocycles. The van der Waals surface area contributed by atoms with Gasteiger partial charge in [-0.15, -0.1) is 11.3 Å². The molecular weight excluding hydrogens is 444 g/mol. The SMILES string of the molecule is CCc1cc(C(Nc2nc(C)cc(C)n2)c2ccccc2OC)c(NC(=O)c2ccccc2)s1. The number of nitrogens with zero attached hydrogens (tertiary/aromatic N) is 2. The van der Waals surface area contributed by atoms with Crippen molar-refractivity contribution in [3.63, 3.8) is 0 Å². The van der Waals surface area contributed by atoms with Gasteiger partial charge in [-0.05, 0) is 50.6 Å². The van der Waals surface area contributed by atoms with E-state index in [4.69, 9.17) is 4.74 Å². The Hall–Kier alpha value is -3.71. The Balaban J connectivity index is 1.80. The van der Waals surface area contributed by atoms with Gasteiger partial charge in [0.15, 0.2) is 0 Å². The second kappa shape index (κ2) is 10.5. The van der Waals surface area contributed by atoms with Gasteiger partial charge < -0.3 is 15.4 Å². The maximum atomic E-state index is 13.0. The molecule has 2 aromatic carbocycles. The summed E-state index contributed by atoms with van der Waals surface area (Å²) < 4.78 is 5.69. The molecule has 0 aliphatic heterocycles. The standard InChI is InChI=1S/C27H28N4O2S/c1-5-20-16-22(26(34-20)31-25(32)19-11-7-6-8-12-19)24(21-13-9-10-14-23(21)33-4)30-27-28-17(2)15-18(3)29-27/h6-16,24H,5H2,1-4H3,(H,31,32)(H,28,29,30). The quantitative estimate of drug-likeness (QED) is 0.320. The van der Waals surface area contributed by atoms with Crippen molar-refractivity contribution in [2.75, 3.05) is 17.7 Å². The maximum Gasteiger partial charge on any atom is 0.256 e. The highest BCUT2D eigenvalue weighted by Crippen LogP contribution is 2.40. The van der Waals surface area contributed by atoms with Crippen LogP contribution in [0, 0.1) is 13.8 Å². The highest BCUT2D eigenvalue weighted by atomic mass is 32.1. The molecule has 0 spiro atoms. The van der Waals surface area contributed by atoms with E-state index in [2.05, 4.69) is 33.6 Å². The second-order valence-corrected chi connectivity index (χ2v) is 9.10. The van der Waals surface area contributed by atoms with E-state index in [1.807, 2.05) is 74.5 Å². The van der Waals surface area contributed by atoms with E-state index in [1.54, 1.807) is 18.4 Å². The summed E-state index contributed by atoms with van der Waals surface area (Å²) in [5.74, 6) is 1.12. The lowest BCUT2D eigenvalue weighted by Crippen LogP contribution is -2.18. The summed E-state index contributed by atoms with van der Waals surface area (Å²) in [7, 11) is 1.66. The van der Waals surface area contributed by atoms with Crippen molar-refractivity contribution >= 4 is 28.2 Å². The lowest BCUT2D eigenvalue weighted by molar-refractivity contribution is 0.102. The molecule has 4 rings (SSSR count). The van der Waals surface area contributed by atoms with Crippen molar-refractivity contribution in [1.82, 2.24) is 9.97 Å². The van der Waals surface area contributed by atoms with Gasteiger partial charge in [0.1, 0.15) is 10.8 Å². The van der Waals surface area contributed by atoms with Crippen molar-refractivity contribution in [3.8, 4) is 5.75 Å². The van der Waals surface area contributed by atoms with Gasteiger partial charge in [0.25, 0.3) is 5.91 Å². The number of aryl methyl sites for hydroxylation is 3. The molecule has 34 heavy (non-hydrogen) atoms. The monoisotopic (exact) mass is 472 g/mol. The summed E-state index contributed by atoms with van der Waals surface area (Å²) in [4.78, 5) is 23.4. The van der Waals surface area contributed by atoms with Crippen LogP contribution in [0.5, 0.6) is 5.75 Å². The molecule has 7 heteroatoms. The fourth-order valence-corrected chi connectivity index (χ4v) is 4.89. The van der Waals surface area contributed by atoms with E-state index in [9.17, 15) is 4.79 Å². The molecule has 1 unspecified atom stereocenters. The minimum absolute atomic E-state index is 0.146. The summed E-state index contributed by atoms with van der Waals surface area (Å²) in [5, 5.41) is 7.44. The van der Waals surface area contributed by atoms with Crippen LogP contribution in [0.2, 0.25) is 0 Å². The number of rotatable bonds is 8. The molecule has 2 aromatic heterocycles. The van der Waals surface area contributed by atoms with Gasteiger partial charge in [-0.25, -0.2) is 9.97 Å². The van der Waals surface area contributed by atoms with Crippen molar-refractivity contribution in [2.45, 2.75) is 33.2 Å². The Morgan fingerprint density at radius 1 is 0.971 bits per heavy atom. The van der Waals surface area contributed by atoms with Crippen molar-refractivity contribution in [2.24, 2.45) is 0 Å². The number of para-hydroxylation sites is 1. The average Bonchev–Trinajstić information content (AvgIpc) is 3.25. The molecule has 6 nitrogen and oxygen atoms in total. The molecule has 0 aliphatic rings. The number of ether oxygens (including phenoxy) is 1. The van der Waals surface area contributed by atoms with Crippen LogP contribution < -0.4 is 15.4 Å². The molecule has 2 N–H and O–H groups in total. The number of amides is 1. The fourth-order valence-electron chi connectivity index (χ4n) is 3.86. The Kier molecular flexibility index (Phi) is 7.23. The first-order chi connectivity index (χ1) is 16.5. The molecular formula is C27H28N4O2S. The molecule has 1 amide bonds. The van der Waals surface area contributed by atoms with Crippen LogP contribution in [0.3, 0.4) is 0 Å². The maximum absolute atomic E-state index is 13.0. The summed E-state index contributed by atoms with van der Waals surface area (Å²) in [6, 6.07) is 20.8. The lowest BCUT2D eigenvalue weighted by atomic mass is 9.98. The van der Waals surface area contributed by atoms with Crippen LogP contribution in [0.1, 0.15) is 50.7 Å². The van der Waals surface area contributed by atoms with Gasteiger partial charge in [-0.1, -0.05) is 43.3 Å². The predicted molar refractivity (Wildman–Crippen MR) is 138 cm³/mol. The summed E-state index contributed by atoms with van der Waals surface area (Å²) in [6.45, 7) is 6.00. The highest BCUT2D eigenvalue weighted by molar-refractivity contribution is 7.16. The first-order valence-electron chi connectivity index (χ1n) is 11.2. The van der Waals surface area contributed by atoms with Crippen LogP contribution in [0.15, 0.2) is 66.7 Å². The third kappa shape index (κ3) is 5.26. The Bertz CT molecular complexity index is 1270. The first-order valence-corrected chi connectivity index (χ1v) is 12.0. The molecule has 0 fully saturated rings. The van der Waals surface area contributed by atoms with Crippen LogP contribution in [-0.4, -0.2) is 23.0 Å². The summed E-state index contributed by atoms with van der Waals surface area (Å²) in [5.41, 5.74) is 4.25. The number of hydrogen-bond acceptors (Lipinski definition) is 6. The molecule has 1 atom stereocenters. The smallest absolute Gasteiger partial charge is 0.256 e.